The Kier molecular flexibility index (Phi) is 3.98. The molecule has 2 N–H and O–H groups in total. The molecule has 62 valence electrons. The van der Waals surface area contributed by atoms with Crippen LogP contribution in [-0.2, 0) is 0 Å². The van der Waals surface area contributed by atoms with Crippen molar-refractivity contribution in [3.8, 4) is 0 Å². The summed E-state index contributed by atoms with van der Waals surface area (Å²) in [6.45, 7) is 8.83. The molecular weight excluding hydrogens is 185 g/mol. The van der Waals surface area contributed by atoms with Gasteiger partial charge in [-0.1, -0.05) is 0 Å². The summed E-state index contributed by atoms with van der Waals surface area (Å²) in [6, 6.07) is 0. The molecule has 1 nitrogen and oxygen atoms in total. The third kappa shape index (κ3) is 2.00. The van der Waals surface area contributed by atoms with Crippen LogP contribution in [0.5, 0.6) is 0 Å². The zero-order chi connectivity index (χ0) is 8.36. The normalized spacial score (nSPS) is 13.2. The summed E-state index contributed by atoms with van der Waals surface area (Å²) in [5.41, 5.74) is 6.27. The third-order valence-electron chi connectivity index (χ3n) is 2.50. The van der Waals surface area contributed by atoms with Gasteiger partial charge in [-0.15, -0.1) is 0 Å². The number of hydrogen-bond donors (Lipinski definition) is 1. The number of hydrogen-bond acceptors (Lipinski definition) is 1. The van der Waals surface area contributed by atoms with E-state index >= 15 is 0 Å². The molecule has 0 fully saturated rings. The van der Waals surface area contributed by atoms with Crippen molar-refractivity contribution in [2.24, 2.45) is 17.6 Å². The summed E-state index contributed by atoms with van der Waals surface area (Å²) in [7, 11) is 0. The first-order valence-electron chi connectivity index (χ1n) is 3.94. The Balaban J connectivity index is 4.23. The van der Waals surface area contributed by atoms with Gasteiger partial charge < -0.3 is 0 Å². The van der Waals surface area contributed by atoms with Gasteiger partial charge in [-0.2, -0.15) is 0 Å². The summed E-state index contributed by atoms with van der Waals surface area (Å²) in [6.07, 6.45) is 0. The van der Waals surface area contributed by atoms with Crippen molar-refractivity contribution < 1.29 is 0 Å². The fourth-order valence-electron chi connectivity index (χ4n) is 1.14. The van der Waals surface area contributed by atoms with Crippen molar-refractivity contribution in [3.05, 3.63) is 0 Å². The van der Waals surface area contributed by atoms with E-state index in [1.807, 2.05) is 0 Å². The molecule has 0 amide bonds. The van der Waals surface area contributed by atoms with E-state index in [0.717, 1.165) is 5.21 Å². The fourth-order valence-corrected chi connectivity index (χ4v) is 3.12. The van der Waals surface area contributed by atoms with Gasteiger partial charge >= 0.3 is 72.9 Å². The van der Waals surface area contributed by atoms with E-state index in [0.29, 0.717) is 11.8 Å². The van der Waals surface area contributed by atoms with Crippen LogP contribution < -0.4 is 5.73 Å². The average Bonchev–Trinajstić information content (AvgIpc) is 1.85. The van der Waals surface area contributed by atoms with Gasteiger partial charge in [0.05, 0.1) is 0 Å². The fraction of sp³-hybridized carbons (Fsp3) is 1.00. The molecule has 2 heteroatoms. The molecule has 0 saturated carbocycles. The zero-order valence-corrected chi connectivity index (χ0v) is 9.94. The summed E-state index contributed by atoms with van der Waals surface area (Å²) in [5, 5.41) is 1.13. The first-order valence-corrected chi connectivity index (χ1v) is 5.65. The van der Waals surface area contributed by atoms with Gasteiger partial charge in [-0.05, 0) is 0 Å². The first-order chi connectivity index (χ1) is 4.45. The molecular formula is C8H20AsN. The first kappa shape index (κ1) is 10.5. The molecule has 0 aliphatic rings. The van der Waals surface area contributed by atoms with Gasteiger partial charge in [0.25, 0.3) is 0 Å². The van der Waals surface area contributed by atoms with E-state index in [2.05, 4.69) is 27.7 Å². The van der Waals surface area contributed by atoms with E-state index < -0.39 is 0 Å². The minimum atomic E-state index is 0.0694. The Morgan fingerprint density at radius 2 is 1.50 bits per heavy atom. The van der Waals surface area contributed by atoms with Gasteiger partial charge in [-0.3, -0.25) is 0 Å². The Morgan fingerprint density at radius 3 is 1.50 bits per heavy atom. The third-order valence-corrected chi connectivity index (χ3v) is 3.99. The molecule has 0 aromatic carbocycles. The van der Waals surface area contributed by atoms with Crippen molar-refractivity contribution in [1.82, 2.24) is 0 Å². The van der Waals surface area contributed by atoms with Crippen LogP contribution in [0.2, 0.25) is 5.21 Å². The van der Waals surface area contributed by atoms with E-state index in [4.69, 9.17) is 5.73 Å². The standard InChI is InChI=1S/C8H20AsN/c1-6(2)8(10,5-9)7(3)4/h6-7H,5,9-10H2,1-4H3. The second kappa shape index (κ2) is 3.78. The number of nitrogens with two attached hydrogens (primary N) is 1. The molecule has 0 aliphatic heterocycles. The Bertz CT molecular complexity index is 91.4. The maximum absolute atomic E-state index is 6.20. The van der Waals surface area contributed by atoms with Crippen molar-refractivity contribution in [1.29, 1.82) is 0 Å². The Labute approximate surface area is 73.3 Å². The van der Waals surface area contributed by atoms with Crippen molar-refractivity contribution in [2.75, 3.05) is 0 Å². The molecule has 1 unspecified atom stereocenters. The number of rotatable bonds is 3. The average molecular weight is 205 g/mol. The summed E-state index contributed by atoms with van der Waals surface area (Å²) in [4.78, 5) is 0. The van der Waals surface area contributed by atoms with Crippen LogP contribution in [0.1, 0.15) is 27.7 Å². The van der Waals surface area contributed by atoms with E-state index in [1.54, 1.807) is 16.9 Å². The quantitative estimate of drug-likeness (QED) is 0.685. The van der Waals surface area contributed by atoms with Crippen LogP contribution in [-0.4, -0.2) is 22.4 Å². The Hall–Kier alpha value is 0.518. The van der Waals surface area contributed by atoms with Crippen LogP contribution in [0.3, 0.4) is 0 Å². The monoisotopic (exact) mass is 205 g/mol. The molecule has 0 saturated heterocycles. The summed E-state index contributed by atoms with van der Waals surface area (Å²) >= 11 is 1.74. The molecule has 0 spiro atoms. The minimum absolute atomic E-state index is 0.0694. The van der Waals surface area contributed by atoms with E-state index in [1.165, 1.54) is 0 Å². The zero-order valence-electron chi connectivity index (χ0n) is 7.52. The Morgan fingerprint density at radius 1 is 1.20 bits per heavy atom. The van der Waals surface area contributed by atoms with Crippen molar-refractivity contribution >= 4 is 16.9 Å². The van der Waals surface area contributed by atoms with Crippen molar-refractivity contribution in [2.45, 2.75) is 38.4 Å². The van der Waals surface area contributed by atoms with Gasteiger partial charge in [0.2, 0.25) is 0 Å². The topological polar surface area (TPSA) is 26.0 Å². The second-order valence-corrected chi connectivity index (χ2v) is 4.48. The van der Waals surface area contributed by atoms with Crippen LogP contribution in [0.15, 0.2) is 0 Å². The SMILES string of the molecule is CC(C)C(N)(C[AsH2])C(C)C. The predicted molar refractivity (Wildman–Crippen MR) is 49.9 cm³/mol. The molecule has 10 heavy (non-hydrogen) atoms. The van der Waals surface area contributed by atoms with Gasteiger partial charge in [-0.25, -0.2) is 0 Å². The predicted octanol–water partition coefficient (Wildman–Crippen LogP) is 1.05. The van der Waals surface area contributed by atoms with E-state index in [9.17, 15) is 0 Å². The molecule has 0 heterocycles. The van der Waals surface area contributed by atoms with Crippen LogP contribution in [0, 0.1) is 11.8 Å². The van der Waals surface area contributed by atoms with Crippen molar-refractivity contribution in [3.63, 3.8) is 0 Å². The van der Waals surface area contributed by atoms with Gasteiger partial charge in [0.1, 0.15) is 0 Å². The van der Waals surface area contributed by atoms with Gasteiger partial charge in [0.15, 0.2) is 0 Å². The maximum atomic E-state index is 6.20. The molecule has 0 aromatic rings. The molecule has 0 radical (unpaired) electrons. The van der Waals surface area contributed by atoms with Crippen LogP contribution in [0.4, 0.5) is 0 Å². The summed E-state index contributed by atoms with van der Waals surface area (Å²) < 4.78 is 0. The second-order valence-electron chi connectivity index (χ2n) is 3.63. The van der Waals surface area contributed by atoms with Crippen LogP contribution in [0.25, 0.3) is 0 Å². The molecule has 0 bridgehead atoms. The molecule has 0 aromatic heterocycles. The van der Waals surface area contributed by atoms with Crippen LogP contribution >= 0.6 is 0 Å². The van der Waals surface area contributed by atoms with E-state index in [-0.39, 0.29) is 5.54 Å². The molecule has 0 rings (SSSR count). The molecule has 1 atom stereocenters. The van der Waals surface area contributed by atoms with Gasteiger partial charge in [0, 0.05) is 0 Å². The summed E-state index contributed by atoms with van der Waals surface area (Å²) in [5.74, 6) is 1.19. The molecule has 0 aliphatic carbocycles.